The van der Waals surface area contributed by atoms with Gasteiger partial charge in [0.25, 0.3) is 10.0 Å². The van der Waals surface area contributed by atoms with Crippen LogP contribution in [0.5, 0.6) is 5.75 Å². The van der Waals surface area contributed by atoms with Gasteiger partial charge in [-0.25, -0.2) is 8.42 Å². The summed E-state index contributed by atoms with van der Waals surface area (Å²) in [5.41, 5.74) is 2.90. The van der Waals surface area contributed by atoms with E-state index >= 15 is 0 Å². The lowest BCUT2D eigenvalue weighted by Gasteiger charge is -2.10. The number of hydrogen-bond acceptors (Lipinski definition) is 5. The number of amidine groups is 1. The molecule has 1 aliphatic rings. The number of unbranched alkanes of at least 4 members (excludes halogenated alkanes) is 2. The van der Waals surface area contributed by atoms with E-state index in [1.165, 1.54) is 5.56 Å². The molecule has 1 amide bonds. The lowest BCUT2D eigenvalue weighted by molar-refractivity contribution is -0.121. The maximum atomic E-state index is 12.0. The van der Waals surface area contributed by atoms with Crippen LogP contribution in [0, 0.1) is 13.8 Å². The number of aliphatic imine (C=N–C) groups is 1. The summed E-state index contributed by atoms with van der Waals surface area (Å²) in [7, 11) is -3.49. The minimum absolute atomic E-state index is 0.00743. The summed E-state index contributed by atoms with van der Waals surface area (Å²) in [6.07, 6.45) is 2.85. The molecule has 0 radical (unpaired) electrons. The Hall–Kier alpha value is -2.87. The highest BCUT2D eigenvalue weighted by atomic mass is 32.2. The van der Waals surface area contributed by atoms with Gasteiger partial charge in [0.05, 0.1) is 11.4 Å². The fourth-order valence-electron chi connectivity index (χ4n) is 3.42. The van der Waals surface area contributed by atoms with Crippen molar-refractivity contribution in [2.24, 2.45) is 4.99 Å². The van der Waals surface area contributed by atoms with Gasteiger partial charge in [-0.05, 0) is 50.5 Å². The Bertz CT molecular complexity index is 1060. The van der Waals surface area contributed by atoms with E-state index in [4.69, 9.17) is 4.74 Å². The van der Waals surface area contributed by atoms with Crippen molar-refractivity contribution < 1.29 is 17.9 Å². The molecule has 0 unspecified atom stereocenters. The smallest absolute Gasteiger partial charge is 0.263 e. The minimum Gasteiger partial charge on any atom is -0.491 e. The van der Waals surface area contributed by atoms with Crippen molar-refractivity contribution in [3.63, 3.8) is 0 Å². The molecule has 8 heteroatoms. The zero-order chi connectivity index (χ0) is 22.3. The number of nitrogens with zero attached hydrogens (tertiary/aromatic N) is 1. The molecule has 3 rings (SSSR count). The van der Waals surface area contributed by atoms with Crippen LogP contribution in [-0.2, 0) is 14.8 Å². The Morgan fingerprint density at radius 2 is 1.90 bits per heavy atom. The van der Waals surface area contributed by atoms with Crippen LogP contribution in [0.4, 0.5) is 0 Å². The van der Waals surface area contributed by atoms with Crippen LogP contribution in [0.1, 0.15) is 42.4 Å². The van der Waals surface area contributed by atoms with Gasteiger partial charge in [-0.15, -0.1) is 0 Å². The van der Waals surface area contributed by atoms with Gasteiger partial charge in [0, 0.05) is 18.5 Å². The molecule has 0 saturated carbocycles. The van der Waals surface area contributed by atoms with Gasteiger partial charge in [0.1, 0.15) is 18.2 Å². The number of carbonyl (C=O) groups is 1. The molecular formula is C23H29N3O4S. The second kappa shape index (κ2) is 10.4. The molecule has 1 aliphatic heterocycles. The Kier molecular flexibility index (Phi) is 7.68. The number of amides is 1. The van der Waals surface area contributed by atoms with E-state index in [1.54, 1.807) is 24.3 Å². The van der Waals surface area contributed by atoms with E-state index in [0.717, 1.165) is 30.6 Å². The monoisotopic (exact) mass is 443 g/mol. The van der Waals surface area contributed by atoms with Crippen molar-refractivity contribution in [2.45, 2.75) is 44.4 Å². The fraction of sp³-hybridized carbons (Fsp3) is 0.391. The predicted molar refractivity (Wildman–Crippen MR) is 121 cm³/mol. The lowest BCUT2D eigenvalue weighted by atomic mass is 10.1. The van der Waals surface area contributed by atoms with E-state index < -0.39 is 10.0 Å². The topological polar surface area (TPSA) is 96.9 Å². The van der Waals surface area contributed by atoms with E-state index in [0.29, 0.717) is 37.5 Å². The molecular weight excluding hydrogens is 414 g/mol. The molecule has 2 aromatic rings. The molecule has 0 saturated heterocycles. The van der Waals surface area contributed by atoms with E-state index in [1.807, 2.05) is 26.0 Å². The standard InChI is InChI=1S/C23H29N3O4S/c1-17-11-12-20(18(2)16-17)30-15-14-24-22(27)10-4-3-7-13-25-23-19-8-5-6-9-21(19)31(28,29)26-23/h5-6,8-9,11-12,16H,3-4,7,10,13-15H2,1-2H3,(H,24,27)(H,25,26). The van der Waals surface area contributed by atoms with Crippen LogP contribution in [0.3, 0.4) is 0 Å². The number of carbonyl (C=O) groups excluding carboxylic acids is 1. The number of hydrogen-bond donors (Lipinski definition) is 2. The summed E-state index contributed by atoms with van der Waals surface area (Å²) in [5.74, 6) is 1.25. The highest BCUT2D eigenvalue weighted by Crippen LogP contribution is 2.22. The van der Waals surface area contributed by atoms with Crippen molar-refractivity contribution in [2.75, 3.05) is 19.7 Å². The molecule has 1 heterocycles. The summed E-state index contributed by atoms with van der Waals surface area (Å²) in [6.45, 7) is 5.46. The molecule has 0 spiro atoms. The maximum absolute atomic E-state index is 12.0. The molecule has 0 fully saturated rings. The number of ether oxygens (including phenoxy) is 1. The number of benzene rings is 2. The third-order valence-corrected chi connectivity index (χ3v) is 6.40. The molecule has 0 aromatic heterocycles. The summed E-state index contributed by atoms with van der Waals surface area (Å²) in [4.78, 5) is 16.6. The highest BCUT2D eigenvalue weighted by molar-refractivity contribution is 7.90. The molecule has 0 atom stereocenters. The van der Waals surface area contributed by atoms with Crippen LogP contribution in [0.25, 0.3) is 0 Å². The van der Waals surface area contributed by atoms with E-state index in [2.05, 4.69) is 21.1 Å². The Labute approximate surface area is 184 Å². The van der Waals surface area contributed by atoms with Crippen molar-refractivity contribution in [1.29, 1.82) is 0 Å². The van der Waals surface area contributed by atoms with Gasteiger partial charge in [0.2, 0.25) is 5.91 Å². The van der Waals surface area contributed by atoms with Gasteiger partial charge in [-0.1, -0.05) is 36.2 Å². The Morgan fingerprint density at radius 3 is 2.71 bits per heavy atom. The average molecular weight is 444 g/mol. The Morgan fingerprint density at radius 1 is 1.10 bits per heavy atom. The third kappa shape index (κ3) is 6.30. The molecule has 0 bridgehead atoms. The molecule has 0 aliphatic carbocycles. The minimum atomic E-state index is -3.49. The molecule has 31 heavy (non-hydrogen) atoms. The van der Waals surface area contributed by atoms with Gasteiger partial charge >= 0.3 is 0 Å². The quantitative estimate of drug-likeness (QED) is 0.552. The number of rotatable bonds is 10. The van der Waals surface area contributed by atoms with Crippen LogP contribution < -0.4 is 14.8 Å². The second-order valence-electron chi connectivity index (χ2n) is 7.61. The predicted octanol–water partition coefficient (Wildman–Crippen LogP) is 3.10. The molecule has 2 aromatic carbocycles. The molecule has 7 nitrogen and oxygen atoms in total. The average Bonchev–Trinajstić information content (AvgIpc) is 2.99. The Balaban J connectivity index is 1.29. The van der Waals surface area contributed by atoms with Crippen molar-refractivity contribution in [1.82, 2.24) is 10.0 Å². The summed E-state index contributed by atoms with van der Waals surface area (Å²) >= 11 is 0. The van der Waals surface area contributed by atoms with Crippen molar-refractivity contribution in [3.05, 3.63) is 59.2 Å². The first-order valence-corrected chi connectivity index (χ1v) is 12.0. The lowest BCUT2D eigenvalue weighted by Crippen LogP contribution is -2.27. The number of nitrogens with one attached hydrogen (secondary N) is 2. The number of sulfonamides is 1. The first kappa shape index (κ1) is 22.8. The van der Waals surface area contributed by atoms with Crippen LogP contribution in [0.15, 0.2) is 52.4 Å². The van der Waals surface area contributed by atoms with Crippen molar-refractivity contribution in [3.8, 4) is 5.75 Å². The number of fused-ring (bicyclic) bond motifs is 1. The molecule has 2 N–H and O–H groups in total. The van der Waals surface area contributed by atoms with Gasteiger partial charge in [-0.3, -0.25) is 14.5 Å². The van der Waals surface area contributed by atoms with Gasteiger partial charge in [-0.2, -0.15) is 0 Å². The first-order chi connectivity index (χ1) is 14.9. The highest BCUT2D eigenvalue weighted by Gasteiger charge is 2.29. The van der Waals surface area contributed by atoms with Gasteiger partial charge in [0.15, 0.2) is 0 Å². The zero-order valence-corrected chi connectivity index (χ0v) is 18.8. The van der Waals surface area contributed by atoms with Gasteiger partial charge < -0.3 is 10.1 Å². The second-order valence-corrected chi connectivity index (χ2v) is 9.26. The van der Waals surface area contributed by atoms with Crippen molar-refractivity contribution >= 4 is 21.8 Å². The van der Waals surface area contributed by atoms with Crippen LogP contribution in [0.2, 0.25) is 0 Å². The zero-order valence-electron chi connectivity index (χ0n) is 18.0. The first-order valence-electron chi connectivity index (χ1n) is 10.5. The normalized spacial score (nSPS) is 15.4. The largest absolute Gasteiger partial charge is 0.491 e. The molecule has 166 valence electrons. The van der Waals surface area contributed by atoms with Crippen LogP contribution in [-0.4, -0.2) is 39.9 Å². The fourth-order valence-corrected chi connectivity index (χ4v) is 4.67. The van der Waals surface area contributed by atoms with E-state index in [-0.39, 0.29) is 10.8 Å². The van der Waals surface area contributed by atoms with Crippen LogP contribution >= 0.6 is 0 Å². The number of aryl methyl sites for hydroxylation is 2. The summed E-state index contributed by atoms with van der Waals surface area (Å²) in [6, 6.07) is 12.8. The summed E-state index contributed by atoms with van der Waals surface area (Å²) in [5, 5.41) is 2.87. The van der Waals surface area contributed by atoms with E-state index in [9.17, 15) is 13.2 Å². The SMILES string of the molecule is Cc1ccc(OCCNC(=O)CCCCCN=C2NS(=O)(=O)c3ccccc32)c(C)c1. The summed E-state index contributed by atoms with van der Waals surface area (Å²) < 4.78 is 32.3. The maximum Gasteiger partial charge on any atom is 0.263 e. The third-order valence-electron chi connectivity index (χ3n) is 5.01.